The van der Waals surface area contributed by atoms with Crippen molar-refractivity contribution in [3.05, 3.63) is 137 Å². The van der Waals surface area contributed by atoms with E-state index in [0.717, 1.165) is 11.1 Å². The maximum atomic E-state index is 14.5. The van der Waals surface area contributed by atoms with Gasteiger partial charge in [0.15, 0.2) is 5.78 Å². The standard InChI is InChI=1S/C27H16Cl6O/c28-17-5-1-15(2-6-17)25(21-13-19(30)9-11-23(21)32)27(34)26(16-3-7-18(29)8-4-16)22-14-20(31)10-12-24(22)33/h1-14,25-26H. The van der Waals surface area contributed by atoms with Gasteiger partial charge in [0.2, 0.25) is 0 Å². The summed E-state index contributed by atoms with van der Waals surface area (Å²) < 4.78 is 0. The van der Waals surface area contributed by atoms with E-state index in [0.29, 0.717) is 41.3 Å². The van der Waals surface area contributed by atoms with E-state index < -0.39 is 11.8 Å². The number of benzene rings is 4. The van der Waals surface area contributed by atoms with Crippen LogP contribution < -0.4 is 0 Å². The minimum atomic E-state index is -0.751. The van der Waals surface area contributed by atoms with E-state index in [1.165, 1.54) is 0 Å². The monoisotopic (exact) mass is 566 g/mol. The van der Waals surface area contributed by atoms with Crippen molar-refractivity contribution in [3.8, 4) is 0 Å². The molecule has 0 N–H and O–H groups in total. The number of halogens is 6. The third-order valence-electron chi connectivity index (χ3n) is 5.51. The van der Waals surface area contributed by atoms with Gasteiger partial charge in [0, 0.05) is 30.1 Å². The molecule has 4 aromatic rings. The van der Waals surface area contributed by atoms with E-state index in [9.17, 15) is 4.79 Å². The molecule has 0 amide bonds. The Morgan fingerprint density at radius 3 is 1.15 bits per heavy atom. The molecular weight excluding hydrogens is 553 g/mol. The van der Waals surface area contributed by atoms with Gasteiger partial charge in [-0.25, -0.2) is 0 Å². The van der Waals surface area contributed by atoms with Crippen LogP contribution in [0.25, 0.3) is 0 Å². The second-order valence-electron chi connectivity index (χ2n) is 7.70. The summed E-state index contributed by atoms with van der Waals surface area (Å²) in [5, 5.41) is 2.89. The quantitative estimate of drug-likeness (QED) is 0.226. The normalized spacial score (nSPS) is 12.9. The first-order chi connectivity index (χ1) is 16.2. The summed E-state index contributed by atoms with van der Waals surface area (Å²) in [5.41, 5.74) is 2.60. The van der Waals surface area contributed by atoms with Crippen molar-refractivity contribution >= 4 is 75.4 Å². The number of rotatable bonds is 6. The van der Waals surface area contributed by atoms with Crippen LogP contribution in [0.1, 0.15) is 34.1 Å². The second kappa shape index (κ2) is 10.9. The van der Waals surface area contributed by atoms with Gasteiger partial charge in [-0.2, -0.15) is 0 Å². The topological polar surface area (TPSA) is 17.1 Å². The van der Waals surface area contributed by atoms with Crippen LogP contribution in [0.5, 0.6) is 0 Å². The summed E-state index contributed by atoms with van der Waals surface area (Å²) >= 11 is 38.1. The van der Waals surface area contributed by atoms with Gasteiger partial charge in [0.05, 0.1) is 11.8 Å². The van der Waals surface area contributed by atoms with Crippen LogP contribution >= 0.6 is 69.6 Å². The summed E-state index contributed by atoms with van der Waals surface area (Å²) in [6, 6.07) is 24.3. The average molecular weight is 569 g/mol. The molecule has 0 saturated carbocycles. The first kappa shape index (κ1) is 25.4. The van der Waals surface area contributed by atoms with Crippen molar-refractivity contribution in [2.75, 3.05) is 0 Å². The number of ketones is 1. The van der Waals surface area contributed by atoms with Crippen molar-refractivity contribution in [1.29, 1.82) is 0 Å². The van der Waals surface area contributed by atoms with Crippen molar-refractivity contribution in [2.24, 2.45) is 0 Å². The van der Waals surface area contributed by atoms with E-state index in [2.05, 4.69) is 0 Å². The first-order valence-corrected chi connectivity index (χ1v) is 12.5. The average Bonchev–Trinajstić information content (AvgIpc) is 2.81. The van der Waals surface area contributed by atoms with Crippen LogP contribution in [0.2, 0.25) is 30.1 Å². The molecule has 0 bridgehead atoms. The molecule has 0 aliphatic heterocycles. The molecule has 0 aromatic heterocycles. The second-order valence-corrected chi connectivity index (χ2v) is 10.3. The lowest BCUT2D eigenvalue weighted by Gasteiger charge is -2.26. The molecule has 0 aliphatic rings. The lowest BCUT2D eigenvalue weighted by atomic mass is 9.77. The molecule has 0 fully saturated rings. The van der Waals surface area contributed by atoms with Gasteiger partial charge in [-0.15, -0.1) is 0 Å². The molecule has 4 rings (SSSR count). The molecule has 34 heavy (non-hydrogen) atoms. The van der Waals surface area contributed by atoms with E-state index >= 15 is 0 Å². The first-order valence-electron chi connectivity index (χ1n) is 10.2. The van der Waals surface area contributed by atoms with Crippen LogP contribution in [-0.2, 0) is 4.79 Å². The number of Topliss-reactive ketones (excluding diaryl/α,β-unsaturated/α-hetero) is 1. The lowest BCUT2D eigenvalue weighted by molar-refractivity contribution is -0.120. The van der Waals surface area contributed by atoms with Gasteiger partial charge in [-0.05, 0) is 82.9 Å². The smallest absolute Gasteiger partial charge is 0.156 e. The highest BCUT2D eigenvalue weighted by Crippen LogP contribution is 2.42. The zero-order valence-corrected chi connectivity index (χ0v) is 21.9. The van der Waals surface area contributed by atoms with Gasteiger partial charge >= 0.3 is 0 Å². The molecule has 0 radical (unpaired) electrons. The van der Waals surface area contributed by atoms with Gasteiger partial charge in [0.25, 0.3) is 0 Å². The molecule has 4 aromatic carbocycles. The Morgan fingerprint density at radius 1 is 0.471 bits per heavy atom. The van der Waals surface area contributed by atoms with Crippen LogP contribution in [-0.4, -0.2) is 5.78 Å². The molecule has 172 valence electrons. The molecule has 0 heterocycles. The fourth-order valence-corrected chi connectivity index (χ4v) is 5.01. The SMILES string of the molecule is O=C(C(c1ccc(Cl)cc1)c1cc(Cl)ccc1Cl)C(c1ccc(Cl)cc1)c1cc(Cl)ccc1Cl. The molecule has 0 spiro atoms. The largest absolute Gasteiger partial charge is 0.298 e. The fraction of sp³-hybridized carbons (Fsp3) is 0.0741. The minimum Gasteiger partial charge on any atom is -0.298 e. The Labute approximate surface area is 228 Å². The highest BCUT2D eigenvalue weighted by Gasteiger charge is 2.34. The van der Waals surface area contributed by atoms with E-state index in [1.807, 2.05) is 0 Å². The van der Waals surface area contributed by atoms with Crippen molar-refractivity contribution in [2.45, 2.75) is 11.8 Å². The van der Waals surface area contributed by atoms with E-state index in [-0.39, 0.29) is 5.78 Å². The maximum absolute atomic E-state index is 14.5. The third-order valence-corrected chi connectivity index (χ3v) is 7.18. The summed E-state index contributed by atoms with van der Waals surface area (Å²) in [5.74, 6) is -1.66. The maximum Gasteiger partial charge on any atom is 0.156 e. The number of carbonyl (C=O) groups excluding carboxylic acids is 1. The Hall–Kier alpha value is -1.71. The zero-order chi connectivity index (χ0) is 24.4. The summed E-state index contributed by atoms with van der Waals surface area (Å²) in [7, 11) is 0. The van der Waals surface area contributed by atoms with Gasteiger partial charge in [-0.1, -0.05) is 93.9 Å². The summed E-state index contributed by atoms with van der Waals surface area (Å²) in [6.07, 6.45) is 0. The van der Waals surface area contributed by atoms with E-state index in [4.69, 9.17) is 69.6 Å². The highest BCUT2D eigenvalue weighted by atomic mass is 35.5. The number of carbonyl (C=O) groups is 1. The Kier molecular flexibility index (Phi) is 8.15. The molecule has 0 saturated heterocycles. The van der Waals surface area contributed by atoms with Crippen LogP contribution in [0.15, 0.2) is 84.9 Å². The molecule has 0 aliphatic carbocycles. The predicted octanol–water partition coefficient (Wildman–Crippen LogP) is 10.1. The molecular formula is C27H16Cl6O. The number of hydrogen-bond donors (Lipinski definition) is 0. The lowest BCUT2D eigenvalue weighted by Crippen LogP contribution is -2.23. The Bertz CT molecular complexity index is 1230. The van der Waals surface area contributed by atoms with Gasteiger partial charge in [-0.3, -0.25) is 4.79 Å². The summed E-state index contributed by atoms with van der Waals surface area (Å²) in [4.78, 5) is 14.5. The molecule has 1 nitrogen and oxygen atoms in total. The molecule has 2 atom stereocenters. The summed E-state index contributed by atoms with van der Waals surface area (Å²) in [6.45, 7) is 0. The van der Waals surface area contributed by atoms with E-state index in [1.54, 1.807) is 84.9 Å². The molecule has 7 heteroatoms. The van der Waals surface area contributed by atoms with Gasteiger partial charge in [0.1, 0.15) is 0 Å². The van der Waals surface area contributed by atoms with Crippen LogP contribution in [0, 0.1) is 0 Å². The van der Waals surface area contributed by atoms with Crippen molar-refractivity contribution in [3.63, 3.8) is 0 Å². The predicted molar refractivity (Wildman–Crippen MR) is 145 cm³/mol. The zero-order valence-electron chi connectivity index (χ0n) is 17.4. The van der Waals surface area contributed by atoms with Crippen LogP contribution in [0.3, 0.4) is 0 Å². The van der Waals surface area contributed by atoms with Gasteiger partial charge < -0.3 is 0 Å². The van der Waals surface area contributed by atoms with Crippen LogP contribution in [0.4, 0.5) is 0 Å². The Morgan fingerprint density at radius 2 is 0.794 bits per heavy atom. The fourth-order valence-electron chi connectivity index (χ4n) is 3.94. The Balaban J connectivity index is 1.96. The minimum absolute atomic E-state index is 0.155. The number of hydrogen-bond acceptors (Lipinski definition) is 1. The third kappa shape index (κ3) is 5.57. The molecule has 2 unspecified atom stereocenters. The van der Waals surface area contributed by atoms with Crippen molar-refractivity contribution in [1.82, 2.24) is 0 Å². The van der Waals surface area contributed by atoms with Crippen molar-refractivity contribution < 1.29 is 4.79 Å². The highest BCUT2D eigenvalue weighted by molar-refractivity contribution is 6.35.